The van der Waals surface area contributed by atoms with Gasteiger partial charge in [-0.25, -0.2) is 0 Å². The Balaban J connectivity index is 1.43. The van der Waals surface area contributed by atoms with Crippen LogP contribution in [0.1, 0.15) is 16.7 Å². The largest absolute Gasteiger partial charge is 0.380 e. The first kappa shape index (κ1) is 19.8. The van der Waals surface area contributed by atoms with E-state index >= 15 is 0 Å². The Bertz CT molecular complexity index is 1400. The Morgan fingerprint density at radius 2 is 1.29 bits per heavy atom. The van der Waals surface area contributed by atoms with Crippen LogP contribution in [0, 0.1) is 0 Å². The molecule has 0 aliphatic rings. The number of aromatic nitrogens is 2. The van der Waals surface area contributed by atoms with Gasteiger partial charge in [-0.1, -0.05) is 53.5 Å². The number of fused-ring (bicyclic) bond motifs is 2. The number of benzene rings is 3. The number of hydrogen-bond acceptors (Lipinski definition) is 3. The number of nitrogens with zero attached hydrogens (tertiary/aromatic N) is 2. The number of halogens is 2. The summed E-state index contributed by atoms with van der Waals surface area (Å²) in [7, 11) is 0. The van der Waals surface area contributed by atoms with Crippen molar-refractivity contribution in [2.45, 2.75) is 13.0 Å². The second kappa shape index (κ2) is 8.54. The van der Waals surface area contributed by atoms with Crippen LogP contribution in [0.3, 0.4) is 0 Å². The van der Waals surface area contributed by atoms with Gasteiger partial charge in [0.2, 0.25) is 0 Å². The molecule has 0 aliphatic heterocycles. The first-order valence-corrected chi connectivity index (χ1v) is 10.8. The van der Waals surface area contributed by atoms with Crippen LogP contribution in [-0.4, -0.2) is 9.97 Å². The van der Waals surface area contributed by atoms with Crippen molar-refractivity contribution in [2.75, 3.05) is 5.32 Å². The van der Waals surface area contributed by atoms with Crippen LogP contribution in [0.15, 0.2) is 85.2 Å². The Kier molecular flexibility index (Phi) is 5.46. The zero-order valence-electron chi connectivity index (χ0n) is 16.6. The molecule has 0 radical (unpaired) electrons. The van der Waals surface area contributed by atoms with Crippen LogP contribution in [-0.2, 0) is 13.0 Å². The second-order valence-corrected chi connectivity index (χ2v) is 8.32. The van der Waals surface area contributed by atoms with Crippen molar-refractivity contribution in [3.8, 4) is 0 Å². The fourth-order valence-corrected chi connectivity index (χ4v) is 4.24. The highest BCUT2D eigenvalue weighted by Gasteiger charge is 2.09. The molecular formula is C26H19Cl2N3. The van der Waals surface area contributed by atoms with Crippen LogP contribution in [0.2, 0.25) is 10.0 Å². The summed E-state index contributed by atoms with van der Waals surface area (Å²) in [5.74, 6) is 0. The number of nitrogens with one attached hydrogen (secondary N) is 1. The van der Waals surface area contributed by atoms with Crippen molar-refractivity contribution >= 4 is 50.7 Å². The molecule has 5 heteroatoms. The Labute approximate surface area is 190 Å². The van der Waals surface area contributed by atoms with Gasteiger partial charge in [0.05, 0.1) is 11.0 Å². The highest BCUT2D eigenvalue weighted by molar-refractivity contribution is 6.31. The van der Waals surface area contributed by atoms with E-state index in [1.54, 1.807) is 6.20 Å². The average Bonchev–Trinajstić information content (AvgIpc) is 2.78. The van der Waals surface area contributed by atoms with Crippen molar-refractivity contribution in [1.82, 2.24) is 9.97 Å². The molecule has 0 spiro atoms. The maximum Gasteiger partial charge on any atom is 0.0737 e. The molecule has 0 atom stereocenters. The molecule has 5 rings (SSSR count). The lowest BCUT2D eigenvalue weighted by molar-refractivity contribution is 1.07. The maximum absolute atomic E-state index is 6.15. The van der Waals surface area contributed by atoms with Crippen LogP contribution < -0.4 is 5.32 Å². The summed E-state index contributed by atoms with van der Waals surface area (Å²) in [5.41, 5.74) is 6.60. The van der Waals surface area contributed by atoms with E-state index in [1.165, 1.54) is 16.7 Å². The SMILES string of the molecule is Clc1ccc2c(Cc3ccccc3CNc3ccnc4cc(Cl)ccc34)ccnc2c1. The topological polar surface area (TPSA) is 37.8 Å². The number of rotatable bonds is 5. The van der Waals surface area contributed by atoms with Gasteiger partial charge in [-0.3, -0.25) is 9.97 Å². The molecule has 0 saturated heterocycles. The maximum atomic E-state index is 6.15. The lowest BCUT2D eigenvalue weighted by Crippen LogP contribution is -2.04. The summed E-state index contributed by atoms with van der Waals surface area (Å²) in [5, 5.41) is 7.16. The van der Waals surface area contributed by atoms with E-state index in [2.05, 4.69) is 51.7 Å². The minimum atomic E-state index is 0.688. The third-order valence-electron chi connectivity index (χ3n) is 5.47. The number of hydrogen-bond donors (Lipinski definition) is 1. The van der Waals surface area contributed by atoms with E-state index < -0.39 is 0 Å². The van der Waals surface area contributed by atoms with Gasteiger partial charge in [0.15, 0.2) is 0 Å². The Hall–Kier alpha value is -3.14. The molecule has 0 amide bonds. The van der Waals surface area contributed by atoms with Gasteiger partial charge in [0.25, 0.3) is 0 Å². The van der Waals surface area contributed by atoms with E-state index in [4.69, 9.17) is 23.2 Å². The zero-order chi connectivity index (χ0) is 21.2. The third kappa shape index (κ3) is 4.20. The van der Waals surface area contributed by atoms with Gasteiger partial charge in [-0.15, -0.1) is 0 Å². The molecule has 0 aliphatic carbocycles. The zero-order valence-corrected chi connectivity index (χ0v) is 18.2. The van der Waals surface area contributed by atoms with Gasteiger partial charge in [-0.2, -0.15) is 0 Å². The van der Waals surface area contributed by atoms with Crippen LogP contribution in [0.25, 0.3) is 21.8 Å². The smallest absolute Gasteiger partial charge is 0.0737 e. The molecule has 31 heavy (non-hydrogen) atoms. The standard InChI is InChI=1S/C26H19Cl2N3/c27-20-5-7-22-18(9-11-29-25(22)14-20)13-17-3-1-2-4-19(17)16-31-24-10-12-30-26-15-21(28)6-8-23(24)26/h1-12,14-15H,13,16H2,(H,30,31). The normalized spacial score (nSPS) is 11.2. The van der Waals surface area contributed by atoms with Gasteiger partial charge in [-0.05, 0) is 65.6 Å². The molecular weight excluding hydrogens is 425 g/mol. The Morgan fingerprint density at radius 3 is 2.06 bits per heavy atom. The molecule has 3 aromatic carbocycles. The van der Waals surface area contributed by atoms with Crippen molar-refractivity contribution < 1.29 is 0 Å². The Morgan fingerprint density at radius 1 is 0.645 bits per heavy atom. The first-order valence-electron chi connectivity index (χ1n) is 10.1. The van der Waals surface area contributed by atoms with Crippen molar-refractivity contribution in [3.05, 3.63) is 112 Å². The van der Waals surface area contributed by atoms with E-state index in [-0.39, 0.29) is 0 Å². The molecule has 2 heterocycles. The lowest BCUT2D eigenvalue weighted by Gasteiger charge is -2.14. The summed E-state index contributed by atoms with van der Waals surface area (Å²) >= 11 is 12.3. The van der Waals surface area contributed by atoms with Crippen molar-refractivity contribution in [2.24, 2.45) is 0 Å². The van der Waals surface area contributed by atoms with E-state index in [0.29, 0.717) is 16.6 Å². The fourth-order valence-electron chi connectivity index (χ4n) is 3.91. The summed E-state index contributed by atoms with van der Waals surface area (Å²) in [6.45, 7) is 0.715. The van der Waals surface area contributed by atoms with Crippen LogP contribution in [0.4, 0.5) is 5.69 Å². The van der Waals surface area contributed by atoms with Crippen LogP contribution in [0.5, 0.6) is 0 Å². The minimum Gasteiger partial charge on any atom is -0.380 e. The molecule has 0 fully saturated rings. The minimum absolute atomic E-state index is 0.688. The van der Waals surface area contributed by atoms with E-state index in [0.717, 1.165) is 33.9 Å². The molecule has 2 aromatic heterocycles. The van der Waals surface area contributed by atoms with Gasteiger partial charge in [0, 0.05) is 45.4 Å². The predicted octanol–water partition coefficient (Wildman–Crippen LogP) is 7.29. The summed E-state index contributed by atoms with van der Waals surface area (Å²) < 4.78 is 0. The summed E-state index contributed by atoms with van der Waals surface area (Å²) in [4.78, 5) is 8.89. The van der Waals surface area contributed by atoms with Gasteiger partial charge in [0.1, 0.15) is 0 Å². The van der Waals surface area contributed by atoms with Crippen molar-refractivity contribution in [3.63, 3.8) is 0 Å². The predicted molar refractivity (Wildman–Crippen MR) is 130 cm³/mol. The van der Waals surface area contributed by atoms with Crippen molar-refractivity contribution in [1.29, 1.82) is 0 Å². The highest BCUT2D eigenvalue weighted by Crippen LogP contribution is 2.27. The summed E-state index contributed by atoms with van der Waals surface area (Å²) in [6, 6.07) is 24.3. The fraction of sp³-hybridized carbons (Fsp3) is 0.0769. The van der Waals surface area contributed by atoms with E-state index in [9.17, 15) is 0 Å². The van der Waals surface area contributed by atoms with Crippen LogP contribution >= 0.6 is 23.2 Å². The molecule has 0 unspecified atom stereocenters. The lowest BCUT2D eigenvalue weighted by atomic mass is 9.97. The average molecular weight is 444 g/mol. The quantitative estimate of drug-likeness (QED) is 0.309. The second-order valence-electron chi connectivity index (χ2n) is 7.45. The third-order valence-corrected chi connectivity index (χ3v) is 5.94. The first-order chi connectivity index (χ1) is 15.2. The van der Waals surface area contributed by atoms with E-state index in [1.807, 2.05) is 42.6 Å². The molecule has 3 nitrogen and oxygen atoms in total. The number of pyridine rings is 2. The molecule has 0 saturated carbocycles. The molecule has 152 valence electrons. The highest BCUT2D eigenvalue weighted by atomic mass is 35.5. The molecule has 5 aromatic rings. The monoisotopic (exact) mass is 443 g/mol. The van der Waals surface area contributed by atoms with Gasteiger partial charge < -0.3 is 5.32 Å². The molecule has 0 bridgehead atoms. The summed E-state index contributed by atoms with van der Waals surface area (Å²) in [6.07, 6.45) is 4.48. The van der Waals surface area contributed by atoms with Gasteiger partial charge >= 0.3 is 0 Å². The number of anilines is 1. The molecule has 1 N–H and O–H groups in total.